The minimum Gasteiger partial charge on any atom is -0.383 e. The predicted octanol–water partition coefficient (Wildman–Crippen LogP) is 2.61. The minimum absolute atomic E-state index is 0.0705. The second kappa shape index (κ2) is 7.23. The molecular weight excluding hydrogens is 304 g/mol. The molecule has 0 amide bonds. The van der Waals surface area contributed by atoms with Crippen molar-refractivity contribution in [3.8, 4) is 0 Å². The second-order valence-electron chi connectivity index (χ2n) is 5.65. The summed E-state index contributed by atoms with van der Waals surface area (Å²) in [6, 6.07) is 11.1. The largest absolute Gasteiger partial charge is 0.383 e. The summed E-state index contributed by atoms with van der Waals surface area (Å²) in [5, 5.41) is 3.86. The number of aromatic nitrogens is 3. The third kappa shape index (κ3) is 3.28. The van der Waals surface area contributed by atoms with Crippen LogP contribution >= 0.6 is 0 Å². The van der Waals surface area contributed by atoms with Crippen molar-refractivity contribution in [1.29, 1.82) is 0 Å². The van der Waals surface area contributed by atoms with Gasteiger partial charge in [-0.3, -0.25) is 14.3 Å². The van der Waals surface area contributed by atoms with Crippen LogP contribution in [-0.2, 0) is 11.3 Å². The number of nitrogens with one attached hydrogen (secondary N) is 1. The van der Waals surface area contributed by atoms with Gasteiger partial charge in [-0.1, -0.05) is 18.2 Å². The number of fused-ring (bicyclic) bond motifs is 1. The van der Waals surface area contributed by atoms with E-state index in [1.54, 1.807) is 30.1 Å². The summed E-state index contributed by atoms with van der Waals surface area (Å²) in [4.78, 5) is 21.6. The Morgan fingerprint density at radius 2 is 2.08 bits per heavy atom. The number of methoxy groups -OCH3 is 1. The van der Waals surface area contributed by atoms with Crippen molar-refractivity contribution < 1.29 is 4.74 Å². The Morgan fingerprint density at radius 3 is 2.83 bits per heavy atom. The van der Waals surface area contributed by atoms with Gasteiger partial charge >= 0.3 is 0 Å². The van der Waals surface area contributed by atoms with E-state index in [0.29, 0.717) is 30.0 Å². The van der Waals surface area contributed by atoms with Gasteiger partial charge in [-0.15, -0.1) is 0 Å². The topological polar surface area (TPSA) is 69.0 Å². The van der Waals surface area contributed by atoms with E-state index < -0.39 is 0 Å². The maximum atomic E-state index is 12.9. The molecule has 1 atom stereocenters. The van der Waals surface area contributed by atoms with Crippen LogP contribution < -0.4 is 10.9 Å². The molecule has 0 aliphatic rings. The fraction of sp³-hybridized carbons (Fsp3) is 0.278. The molecule has 6 nitrogen and oxygen atoms in total. The van der Waals surface area contributed by atoms with Crippen molar-refractivity contribution in [2.45, 2.75) is 19.5 Å². The van der Waals surface area contributed by atoms with Crippen molar-refractivity contribution in [2.24, 2.45) is 0 Å². The van der Waals surface area contributed by atoms with Gasteiger partial charge in [0.15, 0.2) is 0 Å². The fourth-order valence-electron chi connectivity index (χ4n) is 2.68. The SMILES string of the molecule is COCC(C)n1c(NCc2cccnc2)nc2ccccc2c1=O. The van der Waals surface area contributed by atoms with Gasteiger partial charge in [-0.05, 0) is 30.7 Å². The van der Waals surface area contributed by atoms with Crippen molar-refractivity contribution in [3.63, 3.8) is 0 Å². The number of pyridine rings is 1. The van der Waals surface area contributed by atoms with E-state index in [1.165, 1.54) is 0 Å². The van der Waals surface area contributed by atoms with E-state index in [0.717, 1.165) is 5.56 Å². The number of anilines is 1. The van der Waals surface area contributed by atoms with E-state index in [2.05, 4.69) is 15.3 Å². The zero-order valence-corrected chi connectivity index (χ0v) is 13.8. The zero-order valence-electron chi connectivity index (χ0n) is 13.8. The summed E-state index contributed by atoms with van der Waals surface area (Å²) < 4.78 is 6.87. The molecule has 2 heterocycles. The molecule has 0 saturated carbocycles. The third-order valence-corrected chi connectivity index (χ3v) is 3.83. The van der Waals surface area contributed by atoms with E-state index in [-0.39, 0.29) is 11.6 Å². The van der Waals surface area contributed by atoms with Gasteiger partial charge < -0.3 is 10.1 Å². The average molecular weight is 324 g/mol. The number of hydrogen-bond donors (Lipinski definition) is 1. The molecule has 1 N–H and O–H groups in total. The van der Waals surface area contributed by atoms with Gasteiger partial charge in [0.2, 0.25) is 5.95 Å². The first-order valence-electron chi connectivity index (χ1n) is 7.83. The normalized spacial score (nSPS) is 12.2. The van der Waals surface area contributed by atoms with E-state index in [1.807, 2.05) is 37.3 Å². The van der Waals surface area contributed by atoms with Crippen LogP contribution in [0.3, 0.4) is 0 Å². The van der Waals surface area contributed by atoms with Crippen LogP contribution in [0, 0.1) is 0 Å². The minimum atomic E-state index is -0.129. The third-order valence-electron chi connectivity index (χ3n) is 3.83. The molecule has 0 saturated heterocycles. The van der Waals surface area contributed by atoms with E-state index >= 15 is 0 Å². The summed E-state index contributed by atoms with van der Waals surface area (Å²) in [5.41, 5.74) is 1.63. The molecule has 1 unspecified atom stereocenters. The van der Waals surface area contributed by atoms with Gasteiger partial charge in [0.25, 0.3) is 5.56 Å². The molecule has 0 bridgehead atoms. The van der Waals surface area contributed by atoms with Crippen molar-refractivity contribution in [2.75, 3.05) is 19.0 Å². The number of hydrogen-bond acceptors (Lipinski definition) is 5. The molecule has 3 rings (SSSR count). The lowest BCUT2D eigenvalue weighted by Crippen LogP contribution is -2.29. The van der Waals surface area contributed by atoms with Gasteiger partial charge in [0, 0.05) is 26.0 Å². The molecule has 0 radical (unpaired) electrons. The highest BCUT2D eigenvalue weighted by Gasteiger charge is 2.15. The van der Waals surface area contributed by atoms with Gasteiger partial charge in [0.1, 0.15) is 0 Å². The molecule has 6 heteroatoms. The summed E-state index contributed by atoms with van der Waals surface area (Å²) in [7, 11) is 1.62. The Bertz CT molecular complexity index is 877. The molecule has 0 fully saturated rings. The molecule has 3 aromatic rings. The maximum absolute atomic E-state index is 12.9. The molecule has 1 aromatic carbocycles. The fourth-order valence-corrected chi connectivity index (χ4v) is 2.68. The van der Waals surface area contributed by atoms with Crippen LogP contribution in [0.5, 0.6) is 0 Å². The Labute approximate surface area is 140 Å². The molecule has 24 heavy (non-hydrogen) atoms. The number of benzene rings is 1. The van der Waals surface area contributed by atoms with Crippen LogP contribution in [0.1, 0.15) is 18.5 Å². The van der Waals surface area contributed by atoms with Crippen LogP contribution in [0.2, 0.25) is 0 Å². The smallest absolute Gasteiger partial charge is 0.263 e. The Balaban J connectivity index is 2.03. The molecule has 0 spiro atoms. The van der Waals surface area contributed by atoms with Gasteiger partial charge in [-0.2, -0.15) is 0 Å². The van der Waals surface area contributed by atoms with Gasteiger partial charge in [0.05, 0.1) is 23.6 Å². The van der Waals surface area contributed by atoms with Crippen molar-refractivity contribution in [3.05, 3.63) is 64.7 Å². The highest BCUT2D eigenvalue weighted by Crippen LogP contribution is 2.16. The van der Waals surface area contributed by atoms with E-state index in [9.17, 15) is 4.79 Å². The Kier molecular flexibility index (Phi) is 4.86. The number of ether oxygens (including phenoxy) is 1. The summed E-state index contributed by atoms with van der Waals surface area (Å²) in [5.74, 6) is 0.534. The monoisotopic (exact) mass is 324 g/mol. The van der Waals surface area contributed by atoms with Crippen LogP contribution in [0.15, 0.2) is 53.6 Å². The van der Waals surface area contributed by atoms with Crippen LogP contribution in [-0.4, -0.2) is 28.3 Å². The molecular formula is C18H20N4O2. The first kappa shape index (κ1) is 16.1. The Morgan fingerprint density at radius 1 is 1.25 bits per heavy atom. The average Bonchev–Trinajstić information content (AvgIpc) is 2.61. The first-order valence-corrected chi connectivity index (χ1v) is 7.83. The van der Waals surface area contributed by atoms with Crippen LogP contribution in [0.25, 0.3) is 10.9 Å². The summed E-state index contributed by atoms with van der Waals surface area (Å²) in [6.45, 7) is 2.91. The number of rotatable bonds is 6. The van der Waals surface area contributed by atoms with E-state index in [4.69, 9.17) is 4.74 Å². The predicted molar refractivity (Wildman–Crippen MR) is 94.2 cm³/mol. The number of nitrogens with zero attached hydrogens (tertiary/aromatic N) is 3. The summed E-state index contributed by atoms with van der Waals surface area (Å²) >= 11 is 0. The standard InChI is InChI=1S/C18H20N4O2/c1-13(12-24-2)22-17(23)15-7-3-4-8-16(15)21-18(22)20-11-14-6-5-9-19-10-14/h3-10,13H,11-12H2,1-2H3,(H,20,21). The maximum Gasteiger partial charge on any atom is 0.263 e. The molecule has 124 valence electrons. The second-order valence-corrected chi connectivity index (χ2v) is 5.65. The first-order chi connectivity index (χ1) is 11.7. The lowest BCUT2D eigenvalue weighted by molar-refractivity contribution is 0.161. The quantitative estimate of drug-likeness (QED) is 0.755. The number of para-hydroxylation sites is 1. The highest BCUT2D eigenvalue weighted by molar-refractivity contribution is 5.78. The molecule has 2 aromatic heterocycles. The van der Waals surface area contributed by atoms with Crippen LogP contribution in [0.4, 0.5) is 5.95 Å². The van der Waals surface area contributed by atoms with Gasteiger partial charge in [-0.25, -0.2) is 4.98 Å². The zero-order chi connectivity index (χ0) is 16.9. The molecule has 0 aliphatic carbocycles. The van der Waals surface area contributed by atoms with Crippen molar-refractivity contribution in [1.82, 2.24) is 14.5 Å². The molecule has 0 aliphatic heterocycles. The lowest BCUT2D eigenvalue weighted by atomic mass is 10.2. The summed E-state index contributed by atoms with van der Waals surface area (Å²) in [6.07, 6.45) is 3.52. The Hall–Kier alpha value is -2.73. The highest BCUT2D eigenvalue weighted by atomic mass is 16.5. The van der Waals surface area contributed by atoms with Crippen molar-refractivity contribution >= 4 is 16.9 Å². The lowest BCUT2D eigenvalue weighted by Gasteiger charge is -2.20.